The van der Waals surface area contributed by atoms with Crippen LogP contribution in [0.15, 0.2) is 85.2 Å². The lowest BCUT2D eigenvalue weighted by Crippen LogP contribution is -2.51. The molecule has 5 aromatic rings. The second-order valence-corrected chi connectivity index (χ2v) is 13.3. The zero-order valence-electron chi connectivity index (χ0n) is 29.4. The molecule has 0 bridgehead atoms. The zero-order chi connectivity index (χ0) is 33.9. The summed E-state index contributed by atoms with van der Waals surface area (Å²) in [7, 11) is 1.30. The van der Waals surface area contributed by atoms with E-state index in [1.54, 1.807) is 0 Å². The van der Waals surface area contributed by atoms with Crippen molar-refractivity contribution in [3.63, 3.8) is 0 Å². The third-order valence-corrected chi connectivity index (χ3v) is 9.75. The van der Waals surface area contributed by atoms with Crippen LogP contribution in [-0.4, -0.2) is 63.1 Å². The third kappa shape index (κ3) is 8.47. The van der Waals surface area contributed by atoms with Crippen LogP contribution in [0.2, 0.25) is 0 Å². The maximum Gasteiger partial charge on any atom is 0.407 e. The monoisotopic (exact) mass is 765 g/mol. The minimum absolute atomic E-state index is 0. The highest BCUT2D eigenvalue weighted by molar-refractivity contribution is 5.88. The Morgan fingerprint density at radius 2 is 1.42 bits per heavy atom. The second kappa shape index (κ2) is 17.9. The molecule has 0 saturated carbocycles. The van der Waals surface area contributed by atoms with E-state index in [2.05, 4.69) is 92.3 Å². The number of nitrogens with zero attached hydrogens (tertiary/aromatic N) is 3. The highest BCUT2D eigenvalue weighted by Gasteiger charge is 2.37. The molecule has 2 aliphatic heterocycles. The van der Waals surface area contributed by atoms with Gasteiger partial charge in [-0.2, -0.15) is 0 Å². The molecule has 0 aliphatic carbocycles. The van der Waals surface area contributed by atoms with Gasteiger partial charge in [-0.1, -0.05) is 80.6 Å². The molecule has 0 unspecified atom stereocenters. The number of likely N-dealkylation sites (tertiary alicyclic amines) is 1. The summed E-state index contributed by atoms with van der Waals surface area (Å²) in [6.45, 7) is 5.48. The molecule has 52 heavy (non-hydrogen) atoms. The molecule has 2 amide bonds. The van der Waals surface area contributed by atoms with Gasteiger partial charge in [0.1, 0.15) is 17.7 Å². The second-order valence-electron chi connectivity index (χ2n) is 13.3. The average molecular weight is 767 g/mol. The fourth-order valence-corrected chi connectivity index (χ4v) is 7.07. The van der Waals surface area contributed by atoms with E-state index in [1.165, 1.54) is 13.5 Å². The summed E-state index contributed by atoms with van der Waals surface area (Å²) in [5.41, 5.74) is 8.50. The number of carbonyl (C=O) groups excluding carboxylic acids is 2. The fraction of sp³-hybridized carbons (Fsp3) is 0.333. The van der Waals surface area contributed by atoms with Crippen molar-refractivity contribution in [1.29, 1.82) is 0 Å². The molecule has 13 heteroatoms. The Balaban J connectivity index is 0.00000202. The number of benzene rings is 3. The topological polar surface area (TPSA) is 128 Å². The maximum atomic E-state index is 13.6. The van der Waals surface area contributed by atoms with Gasteiger partial charge in [-0.3, -0.25) is 4.79 Å². The van der Waals surface area contributed by atoms with E-state index in [4.69, 9.17) is 9.72 Å². The van der Waals surface area contributed by atoms with Crippen LogP contribution in [0.1, 0.15) is 63.3 Å². The van der Waals surface area contributed by atoms with Gasteiger partial charge in [-0.05, 0) is 72.0 Å². The molecule has 3 aromatic carbocycles. The molecule has 2 aliphatic rings. The quantitative estimate of drug-likeness (QED) is 0.119. The Morgan fingerprint density at radius 3 is 2.10 bits per heavy atom. The molecule has 0 spiro atoms. The largest absolute Gasteiger partial charge is 0.453 e. The Kier molecular flexibility index (Phi) is 13.9. The van der Waals surface area contributed by atoms with Crippen LogP contribution in [0, 0.1) is 5.92 Å². The van der Waals surface area contributed by atoms with Crippen LogP contribution in [0.5, 0.6) is 0 Å². The van der Waals surface area contributed by atoms with Crippen LogP contribution >= 0.6 is 37.2 Å². The number of methoxy groups -OCH3 is 1. The van der Waals surface area contributed by atoms with Crippen LogP contribution in [-0.2, 0) is 9.53 Å². The van der Waals surface area contributed by atoms with Crippen molar-refractivity contribution < 1.29 is 14.3 Å². The van der Waals surface area contributed by atoms with Crippen LogP contribution < -0.4 is 10.6 Å². The maximum absolute atomic E-state index is 13.6. The lowest BCUT2D eigenvalue weighted by molar-refractivity contribution is -0.135. The molecule has 4 heterocycles. The average Bonchev–Trinajstić information content (AvgIpc) is 3.97. The molecule has 10 nitrogen and oxygen atoms in total. The van der Waals surface area contributed by atoms with Crippen LogP contribution in [0.4, 0.5) is 4.79 Å². The van der Waals surface area contributed by atoms with Crippen LogP contribution in [0.3, 0.4) is 0 Å². The van der Waals surface area contributed by atoms with Gasteiger partial charge in [-0.25, -0.2) is 14.8 Å². The van der Waals surface area contributed by atoms with E-state index in [-0.39, 0.29) is 55.1 Å². The van der Waals surface area contributed by atoms with Crippen molar-refractivity contribution in [3.8, 4) is 44.8 Å². The number of alkyl carbamates (subject to hydrolysis) is 1. The Bertz CT molecular complexity index is 1920. The first kappa shape index (κ1) is 40.4. The summed E-state index contributed by atoms with van der Waals surface area (Å²) in [6.07, 6.45) is 7.11. The molecule has 276 valence electrons. The molecule has 4 N–H and O–H groups in total. The van der Waals surface area contributed by atoms with E-state index in [1.807, 2.05) is 37.2 Å². The number of H-pyrrole nitrogens is 2. The van der Waals surface area contributed by atoms with Gasteiger partial charge in [-0.15, -0.1) is 37.2 Å². The summed E-state index contributed by atoms with van der Waals surface area (Å²) >= 11 is 0. The summed E-state index contributed by atoms with van der Waals surface area (Å²) in [5.74, 6) is 1.53. The van der Waals surface area contributed by atoms with Crippen LogP contribution in [0.25, 0.3) is 44.8 Å². The van der Waals surface area contributed by atoms with Crippen molar-refractivity contribution in [2.24, 2.45) is 5.92 Å². The predicted molar refractivity (Wildman–Crippen MR) is 212 cm³/mol. The van der Waals surface area contributed by atoms with Crippen molar-refractivity contribution in [3.05, 3.63) is 96.8 Å². The summed E-state index contributed by atoms with van der Waals surface area (Å²) in [6, 6.07) is 25.0. The van der Waals surface area contributed by atoms with E-state index in [0.29, 0.717) is 12.6 Å². The Morgan fingerprint density at radius 1 is 0.788 bits per heavy atom. The van der Waals surface area contributed by atoms with Gasteiger partial charge >= 0.3 is 6.09 Å². The Labute approximate surface area is 323 Å². The number of amides is 2. The number of hydrogen-bond acceptors (Lipinski definition) is 6. The highest BCUT2D eigenvalue weighted by Crippen LogP contribution is 2.38. The highest BCUT2D eigenvalue weighted by atomic mass is 35.5. The van der Waals surface area contributed by atoms with Gasteiger partial charge in [0.2, 0.25) is 5.91 Å². The van der Waals surface area contributed by atoms with E-state index in [0.717, 1.165) is 82.2 Å². The van der Waals surface area contributed by atoms with E-state index < -0.39 is 12.1 Å². The number of aromatic amines is 2. The van der Waals surface area contributed by atoms with Gasteiger partial charge in [0.25, 0.3) is 0 Å². The molecule has 0 radical (unpaired) electrons. The molecule has 2 fully saturated rings. The third-order valence-electron chi connectivity index (χ3n) is 9.75. The molecular formula is C39H46Cl3N7O3. The SMILES string of the molecule is COC(=O)N[C@H](C(=O)N1CCC[C@H]1c1ncc(-c2ccc(-c3ccc(-c4cnc([C@@H]5CCCN5)[nH]4)cc3)c(-c3ccccc3)c2)[nH]1)C(C)C.Cl.Cl.Cl. The van der Waals surface area contributed by atoms with Crippen molar-refractivity contribution in [2.75, 3.05) is 20.2 Å². The van der Waals surface area contributed by atoms with Gasteiger partial charge < -0.3 is 30.2 Å². The molecular weight excluding hydrogens is 721 g/mol. The van der Waals surface area contributed by atoms with Crippen molar-refractivity contribution in [1.82, 2.24) is 35.5 Å². The zero-order valence-corrected chi connectivity index (χ0v) is 31.9. The molecule has 2 aromatic heterocycles. The number of halogens is 3. The minimum Gasteiger partial charge on any atom is -0.453 e. The van der Waals surface area contributed by atoms with Crippen molar-refractivity contribution >= 4 is 49.2 Å². The normalized spacial score (nSPS) is 17.1. The van der Waals surface area contributed by atoms with Gasteiger partial charge in [0.15, 0.2) is 0 Å². The van der Waals surface area contributed by atoms with E-state index >= 15 is 0 Å². The summed E-state index contributed by atoms with van der Waals surface area (Å²) in [5, 5.41) is 6.23. The first-order valence-electron chi connectivity index (χ1n) is 17.2. The number of hydrogen-bond donors (Lipinski definition) is 4. The summed E-state index contributed by atoms with van der Waals surface area (Å²) < 4.78 is 4.78. The van der Waals surface area contributed by atoms with Gasteiger partial charge in [0.05, 0.1) is 43.0 Å². The fourth-order valence-electron chi connectivity index (χ4n) is 7.07. The number of rotatable bonds is 9. The Hall–Kier alpha value is -4.35. The number of aromatic nitrogens is 4. The number of carbonyl (C=O) groups is 2. The van der Waals surface area contributed by atoms with E-state index in [9.17, 15) is 9.59 Å². The molecule has 2 saturated heterocycles. The summed E-state index contributed by atoms with van der Waals surface area (Å²) in [4.78, 5) is 43.9. The molecule has 7 rings (SSSR count). The number of ether oxygens (including phenoxy) is 1. The van der Waals surface area contributed by atoms with Gasteiger partial charge in [0, 0.05) is 12.1 Å². The standard InChI is InChI=1S/C39H43N7O3.3ClH/c1-24(2)35(45-39(48)49-3)38(47)46-20-8-12-34(46)37-42-23-33(44-37)28-17-18-29(30(21-28)25-9-5-4-6-10-25)26-13-15-27(16-14-26)32-22-41-36(43-32)31-11-7-19-40-31;;;/h4-6,9-10,13-18,21-24,31,34-35,40H,7-8,11-12,19-20H2,1-3H3,(H,41,43)(H,42,44)(H,45,48);3*1H/t31-,34-,35-;;;/m0.../s1. The molecule has 3 atom stereocenters. The number of nitrogens with one attached hydrogen (secondary N) is 4. The first-order chi connectivity index (χ1) is 23.9. The first-order valence-corrected chi connectivity index (χ1v) is 17.2. The van der Waals surface area contributed by atoms with Crippen molar-refractivity contribution in [2.45, 2.75) is 57.7 Å². The minimum atomic E-state index is -0.677. The lowest BCUT2D eigenvalue weighted by Gasteiger charge is -2.30. The lowest BCUT2D eigenvalue weighted by atomic mass is 9.91. The predicted octanol–water partition coefficient (Wildman–Crippen LogP) is 8.53. The number of imidazole rings is 2. The smallest absolute Gasteiger partial charge is 0.407 e.